The molecule has 0 aliphatic heterocycles. The summed E-state index contributed by atoms with van der Waals surface area (Å²) in [7, 11) is 0. The number of hydrogen-bond acceptors (Lipinski definition) is 4. The predicted octanol–water partition coefficient (Wildman–Crippen LogP) is 3.86. The summed E-state index contributed by atoms with van der Waals surface area (Å²) in [5.41, 5.74) is 1.76. The Hall–Kier alpha value is -3.52. The van der Waals surface area contributed by atoms with Crippen molar-refractivity contribution in [3.05, 3.63) is 91.7 Å². The number of benzene rings is 2. The van der Waals surface area contributed by atoms with Crippen LogP contribution in [-0.4, -0.2) is 15.0 Å². The lowest BCUT2D eigenvalue weighted by Crippen LogP contribution is -2.40. The third-order valence-electron chi connectivity index (χ3n) is 5.10. The molecule has 4 rings (SSSR count). The number of carbonyl (C=O) groups excluding carboxylic acids is 1. The number of aryl methyl sites for hydroxylation is 2. The Morgan fingerprint density at radius 3 is 2.52 bits per heavy atom. The monoisotopic (exact) mass is 437 g/mol. The molecular formula is C23H20FN3O3S. The van der Waals surface area contributed by atoms with Crippen molar-refractivity contribution < 1.29 is 9.18 Å². The summed E-state index contributed by atoms with van der Waals surface area (Å²) in [6.07, 6.45) is 0.893. The number of nitrogens with zero attached hydrogens (tertiary/aromatic N) is 2. The van der Waals surface area contributed by atoms with Crippen molar-refractivity contribution in [2.45, 2.75) is 26.8 Å². The molecule has 2 aromatic heterocycles. The lowest BCUT2D eigenvalue weighted by molar-refractivity contribution is -0.116. The average Bonchev–Trinajstić information content (AvgIpc) is 3.23. The van der Waals surface area contributed by atoms with Gasteiger partial charge in [-0.2, -0.15) is 0 Å². The number of thiophene rings is 1. The van der Waals surface area contributed by atoms with Crippen molar-refractivity contribution >= 4 is 33.1 Å². The van der Waals surface area contributed by atoms with Gasteiger partial charge in [0.2, 0.25) is 5.91 Å². The number of rotatable bonds is 5. The van der Waals surface area contributed by atoms with Crippen LogP contribution in [0.3, 0.4) is 0 Å². The highest BCUT2D eigenvalue weighted by atomic mass is 32.1. The Labute approximate surface area is 181 Å². The molecule has 2 heterocycles. The van der Waals surface area contributed by atoms with Crippen molar-refractivity contribution in [1.82, 2.24) is 9.13 Å². The van der Waals surface area contributed by atoms with Gasteiger partial charge in [-0.05, 0) is 66.2 Å². The van der Waals surface area contributed by atoms with Gasteiger partial charge in [0.25, 0.3) is 5.56 Å². The van der Waals surface area contributed by atoms with Gasteiger partial charge < -0.3 is 5.32 Å². The molecule has 6 nitrogen and oxygen atoms in total. The Bertz CT molecular complexity index is 1400. The molecule has 0 spiro atoms. The van der Waals surface area contributed by atoms with E-state index in [2.05, 4.69) is 5.32 Å². The maximum absolute atomic E-state index is 13.6. The van der Waals surface area contributed by atoms with Gasteiger partial charge in [-0.15, -0.1) is 11.3 Å². The summed E-state index contributed by atoms with van der Waals surface area (Å²) in [4.78, 5) is 39.0. The maximum Gasteiger partial charge on any atom is 0.336 e. The van der Waals surface area contributed by atoms with Gasteiger partial charge in [0, 0.05) is 5.69 Å². The van der Waals surface area contributed by atoms with Crippen molar-refractivity contribution in [1.29, 1.82) is 0 Å². The Morgan fingerprint density at radius 1 is 1.10 bits per heavy atom. The molecule has 1 N–H and O–H groups in total. The van der Waals surface area contributed by atoms with Crippen LogP contribution in [0.1, 0.15) is 18.1 Å². The number of fused-ring (bicyclic) bond motifs is 1. The van der Waals surface area contributed by atoms with E-state index in [1.807, 2.05) is 31.2 Å². The van der Waals surface area contributed by atoms with E-state index in [0.717, 1.165) is 16.6 Å². The number of aromatic nitrogens is 2. The number of hydrogen-bond donors (Lipinski definition) is 1. The lowest BCUT2D eigenvalue weighted by Gasteiger charge is -2.14. The second-order valence-corrected chi connectivity index (χ2v) is 8.09. The zero-order valence-corrected chi connectivity index (χ0v) is 17.8. The molecule has 2 aromatic carbocycles. The molecule has 0 saturated heterocycles. The van der Waals surface area contributed by atoms with Gasteiger partial charge in [0.15, 0.2) is 0 Å². The smallest absolute Gasteiger partial charge is 0.325 e. The third kappa shape index (κ3) is 3.94. The molecule has 31 heavy (non-hydrogen) atoms. The first-order chi connectivity index (χ1) is 14.9. The van der Waals surface area contributed by atoms with Crippen molar-refractivity contribution in [3.63, 3.8) is 0 Å². The minimum atomic E-state index is -0.651. The van der Waals surface area contributed by atoms with E-state index < -0.39 is 17.1 Å². The van der Waals surface area contributed by atoms with Crippen LogP contribution in [0.15, 0.2) is 63.5 Å². The highest BCUT2D eigenvalue weighted by Gasteiger charge is 2.18. The number of halogens is 1. The Balaban J connectivity index is 1.77. The van der Waals surface area contributed by atoms with E-state index in [4.69, 9.17) is 0 Å². The molecule has 0 radical (unpaired) electrons. The minimum Gasteiger partial charge on any atom is -0.325 e. The highest BCUT2D eigenvalue weighted by molar-refractivity contribution is 7.17. The first-order valence-corrected chi connectivity index (χ1v) is 10.7. The number of nitrogens with one attached hydrogen (secondary N) is 1. The second-order valence-electron chi connectivity index (χ2n) is 7.17. The van der Waals surface area contributed by atoms with E-state index in [0.29, 0.717) is 21.5 Å². The summed E-state index contributed by atoms with van der Waals surface area (Å²) in [5.74, 6) is -0.847. The van der Waals surface area contributed by atoms with Crippen LogP contribution in [0.25, 0.3) is 15.9 Å². The number of carbonyl (C=O) groups is 1. The van der Waals surface area contributed by atoms with Gasteiger partial charge in [0.05, 0.1) is 11.2 Å². The second kappa shape index (κ2) is 8.31. The van der Waals surface area contributed by atoms with Crippen molar-refractivity contribution in [2.24, 2.45) is 0 Å². The summed E-state index contributed by atoms with van der Waals surface area (Å²) in [6.45, 7) is 3.41. The molecule has 1 amide bonds. The molecule has 0 aliphatic carbocycles. The van der Waals surface area contributed by atoms with Crippen LogP contribution in [0, 0.1) is 12.7 Å². The molecule has 0 unspecified atom stereocenters. The Kier molecular flexibility index (Phi) is 5.56. The summed E-state index contributed by atoms with van der Waals surface area (Å²) >= 11 is 1.19. The van der Waals surface area contributed by atoms with E-state index in [-0.39, 0.29) is 18.1 Å². The van der Waals surface area contributed by atoms with Crippen LogP contribution in [-0.2, 0) is 17.8 Å². The highest BCUT2D eigenvalue weighted by Crippen LogP contribution is 2.18. The molecule has 0 saturated carbocycles. The van der Waals surface area contributed by atoms with Gasteiger partial charge >= 0.3 is 5.69 Å². The van der Waals surface area contributed by atoms with Crippen LogP contribution in [0.4, 0.5) is 10.1 Å². The van der Waals surface area contributed by atoms with Gasteiger partial charge in [0.1, 0.15) is 17.1 Å². The van der Waals surface area contributed by atoms with E-state index in [9.17, 15) is 18.8 Å². The maximum atomic E-state index is 13.6. The molecule has 0 aliphatic rings. The predicted molar refractivity (Wildman–Crippen MR) is 121 cm³/mol. The largest absolute Gasteiger partial charge is 0.336 e. The number of anilines is 1. The fraction of sp³-hybridized carbons (Fsp3) is 0.174. The normalized spacial score (nSPS) is 11.1. The van der Waals surface area contributed by atoms with Crippen LogP contribution >= 0.6 is 11.3 Å². The van der Waals surface area contributed by atoms with E-state index in [1.54, 1.807) is 18.4 Å². The molecule has 8 heteroatoms. The van der Waals surface area contributed by atoms with Crippen molar-refractivity contribution in [3.8, 4) is 5.69 Å². The number of amides is 1. The standard InChI is InChI=1S/C23H20FN3O3S/c1-3-15-4-7-17(8-5-15)25-20(28)13-26-19-10-11-31-21(19)22(29)27(23(26)30)18-9-6-16(24)12-14(18)2/h4-12H,3,13H2,1-2H3,(H,25,28). The zero-order valence-electron chi connectivity index (χ0n) is 17.0. The molecule has 0 atom stereocenters. The van der Waals surface area contributed by atoms with E-state index >= 15 is 0 Å². The summed E-state index contributed by atoms with van der Waals surface area (Å²) in [6, 6.07) is 13.0. The third-order valence-corrected chi connectivity index (χ3v) is 5.99. The topological polar surface area (TPSA) is 73.1 Å². The fourth-order valence-corrected chi connectivity index (χ4v) is 4.31. The van der Waals surface area contributed by atoms with Crippen LogP contribution < -0.4 is 16.6 Å². The Morgan fingerprint density at radius 2 is 1.84 bits per heavy atom. The minimum absolute atomic E-state index is 0.262. The molecule has 0 fully saturated rings. The van der Waals surface area contributed by atoms with Gasteiger partial charge in [-0.3, -0.25) is 14.2 Å². The lowest BCUT2D eigenvalue weighted by atomic mass is 10.1. The van der Waals surface area contributed by atoms with Gasteiger partial charge in [-0.1, -0.05) is 19.1 Å². The zero-order chi connectivity index (χ0) is 22.1. The van der Waals surface area contributed by atoms with Crippen LogP contribution in [0.5, 0.6) is 0 Å². The van der Waals surface area contributed by atoms with Crippen LogP contribution in [0.2, 0.25) is 0 Å². The van der Waals surface area contributed by atoms with Gasteiger partial charge in [-0.25, -0.2) is 13.8 Å². The SMILES string of the molecule is CCc1ccc(NC(=O)Cn2c(=O)n(-c3ccc(F)cc3C)c(=O)c3sccc32)cc1. The molecule has 158 valence electrons. The average molecular weight is 437 g/mol. The summed E-state index contributed by atoms with van der Waals surface area (Å²) < 4.78 is 16.2. The molecular weight excluding hydrogens is 417 g/mol. The summed E-state index contributed by atoms with van der Waals surface area (Å²) in [5, 5.41) is 4.49. The fourth-order valence-electron chi connectivity index (χ4n) is 3.49. The van der Waals surface area contributed by atoms with E-state index in [1.165, 1.54) is 34.1 Å². The van der Waals surface area contributed by atoms with Crippen molar-refractivity contribution in [2.75, 3.05) is 5.32 Å². The molecule has 0 bridgehead atoms. The first kappa shape index (κ1) is 20.7. The quantitative estimate of drug-likeness (QED) is 0.515. The molecule has 4 aromatic rings. The first-order valence-electron chi connectivity index (χ1n) is 9.77.